The van der Waals surface area contributed by atoms with Gasteiger partial charge >= 0.3 is 11.9 Å². The Bertz CT molecular complexity index is 696. The van der Waals surface area contributed by atoms with Crippen LogP contribution in [0, 0.1) is 17.8 Å². The molecule has 0 aliphatic heterocycles. The molecule has 11 heteroatoms. The third kappa shape index (κ3) is 11.1. The summed E-state index contributed by atoms with van der Waals surface area (Å²) in [6.07, 6.45) is 0.0657. The highest BCUT2D eigenvalue weighted by Gasteiger charge is 2.33. The van der Waals surface area contributed by atoms with Crippen molar-refractivity contribution in [3.8, 4) is 0 Å². The first-order valence-corrected chi connectivity index (χ1v) is 11.3. The molecule has 190 valence electrons. The number of hydrogen-bond donors (Lipinski definition) is 6. The second kappa shape index (κ2) is 14.5. The molecule has 0 saturated carbocycles. The van der Waals surface area contributed by atoms with E-state index in [0.29, 0.717) is 6.42 Å². The number of nitrogens with two attached hydrogens (primary N) is 1. The molecule has 0 aliphatic rings. The molecule has 5 unspecified atom stereocenters. The monoisotopic (exact) mass is 472 g/mol. The highest BCUT2D eigenvalue weighted by Crippen LogP contribution is 2.12. The van der Waals surface area contributed by atoms with E-state index in [1.807, 2.05) is 20.8 Å². The lowest BCUT2D eigenvalue weighted by molar-refractivity contribution is -0.143. The molecule has 0 spiro atoms. The Morgan fingerprint density at radius 3 is 1.79 bits per heavy atom. The molecule has 33 heavy (non-hydrogen) atoms. The molecule has 0 radical (unpaired) electrons. The third-order valence-electron chi connectivity index (χ3n) is 5.42. The Kier molecular flexibility index (Phi) is 13.3. The van der Waals surface area contributed by atoms with Gasteiger partial charge in [0, 0.05) is 6.42 Å². The smallest absolute Gasteiger partial charge is 0.326 e. The van der Waals surface area contributed by atoms with Crippen molar-refractivity contribution in [3.63, 3.8) is 0 Å². The molecule has 0 rings (SSSR count). The highest BCUT2D eigenvalue weighted by molar-refractivity contribution is 5.94. The molecule has 0 saturated heterocycles. The van der Waals surface area contributed by atoms with E-state index in [0.717, 1.165) is 0 Å². The first-order chi connectivity index (χ1) is 15.2. The van der Waals surface area contributed by atoms with Gasteiger partial charge in [-0.05, 0) is 30.6 Å². The van der Waals surface area contributed by atoms with Gasteiger partial charge in [0.25, 0.3) is 0 Å². The Morgan fingerprint density at radius 2 is 1.36 bits per heavy atom. The summed E-state index contributed by atoms with van der Waals surface area (Å²) >= 11 is 0. The largest absolute Gasteiger partial charge is 0.481 e. The Labute approximate surface area is 195 Å². The lowest BCUT2D eigenvalue weighted by Gasteiger charge is -2.29. The quantitative estimate of drug-likeness (QED) is 0.198. The van der Waals surface area contributed by atoms with Gasteiger partial charge in [-0.3, -0.25) is 19.2 Å². The average Bonchev–Trinajstić information content (AvgIpc) is 2.71. The van der Waals surface area contributed by atoms with Crippen LogP contribution in [0.2, 0.25) is 0 Å². The normalized spacial score (nSPS) is 15.8. The summed E-state index contributed by atoms with van der Waals surface area (Å²) in [4.78, 5) is 60.5. The van der Waals surface area contributed by atoms with Crippen LogP contribution in [0.3, 0.4) is 0 Å². The fourth-order valence-corrected chi connectivity index (χ4v) is 3.02. The maximum atomic E-state index is 13.1. The lowest BCUT2D eigenvalue weighted by Crippen LogP contribution is -2.59. The molecule has 0 aromatic rings. The number of carboxylic acid groups (broad SMARTS) is 2. The minimum atomic E-state index is -1.41. The van der Waals surface area contributed by atoms with Crippen LogP contribution in [0.25, 0.3) is 0 Å². The lowest BCUT2D eigenvalue weighted by atomic mass is 9.95. The van der Waals surface area contributed by atoms with Crippen molar-refractivity contribution < 1.29 is 34.2 Å². The Balaban J connectivity index is 5.57. The first-order valence-electron chi connectivity index (χ1n) is 11.3. The Hall–Kier alpha value is -2.69. The van der Waals surface area contributed by atoms with Crippen LogP contribution in [0.5, 0.6) is 0 Å². The number of rotatable bonds is 15. The molecule has 0 aromatic carbocycles. The van der Waals surface area contributed by atoms with E-state index >= 15 is 0 Å². The summed E-state index contributed by atoms with van der Waals surface area (Å²) in [6, 6.07) is -4.21. The zero-order valence-electron chi connectivity index (χ0n) is 20.4. The van der Waals surface area contributed by atoms with Crippen LogP contribution < -0.4 is 21.7 Å². The summed E-state index contributed by atoms with van der Waals surface area (Å²) in [7, 11) is 0. The summed E-state index contributed by atoms with van der Waals surface area (Å²) in [5, 5.41) is 25.7. The molecule has 5 atom stereocenters. The van der Waals surface area contributed by atoms with Gasteiger partial charge < -0.3 is 31.9 Å². The van der Waals surface area contributed by atoms with E-state index in [1.165, 1.54) is 0 Å². The molecule has 0 aromatic heterocycles. The van der Waals surface area contributed by atoms with E-state index < -0.39 is 60.2 Å². The predicted molar refractivity (Wildman–Crippen MR) is 122 cm³/mol. The Morgan fingerprint density at radius 1 is 0.818 bits per heavy atom. The highest BCUT2D eigenvalue weighted by atomic mass is 16.4. The average molecular weight is 473 g/mol. The molecular formula is C22H40N4O7. The van der Waals surface area contributed by atoms with Crippen LogP contribution in [0.4, 0.5) is 0 Å². The standard InChI is InChI=1S/C22H40N4O7/c1-7-13(6)18(26-20(30)17(23)12(4)5)21(31)25-15(10-11(2)3)19(29)24-14(22(32)33)8-9-16(27)28/h11-15,17-18H,7-10,23H2,1-6H3,(H,24,29)(H,25,31)(H,26,30)(H,27,28)(H,32,33). The van der Waals surface area contributed by atoms with Gasteiger partial charge in [-0.2, -0.15) is 0 Å². The zero-order chi connectivity index (χ0) is 25.9. The number of aliphatic carboxylic acids is 2. The van der Waals surface area contributed by atoms with Gasteiger partial charge in [-0.15, -0.1) is 0 Å². The van der Waals surface area contributed by atoms with Gasteiger partial charge in [0.15, 0.2) is 0 Å². The SMILES string of the molecule is CCC(C)C(NC(=O)C(N)C(C)C)C(=O)NC(CC(C)C)C(=O)NC(CCC(=O)O)C(=O)O. The summed E-state index contributed by atoms with van der Waals surface area (Å²) in [6.45, 7) is 10.9. The van der Waals surface area contributed by atoms with Crippen LogP contribution in [0.1, 0.15) is 67.2 Å². The van der Waals surface area contributed by atoms with Gasteiger partial charge in [0.1, 0.15) is 18.1 Å². The fourth-order valence-electron chi connectivity index (χ4n) is 3.02. The molecular weight excluding hydrogens is 432 g/mol. The minimum Gasteiger partial charge on any atom is -0.481 e. The van der Waals surface area contributed by atoms with Crippen LogP contribution >= 0.6 is 0 Å². The predicted octanol–water partition coefficient (Wildman–Crippen LogP) is 0.466. The second-order valence-electron chi connectivity index (χ2n) is 9.16. The fraction of sp³-hybridized carbons (Fsp3) is 0.773. The van der Waals surface area contributed by atoms with Crippen molar-refractivity contribution in [2.45, 2.75) is 91.4 Å². The number of hydrogen-bond acceptors (Lipinski definition) is 6. The van der Waals surface area contributed by atoms with Crippen molar-refractivity contribution in [1.29, 1.82) is 0 Å². The minimum absolute atomic E-state index is 0.0191. The van der Waals surface area contributed by atoms with Crippen LogP contribution in [-0.2, 0) is 24.0 Å². The van der Waals surface area contributed by atoms with E-state index in [1.54, 1.807) is 20.8 Å². The number of nitrogens with one attached hydrogen (secondary N) is 3. The molecule has 0 fully saturated rings. The zero-order valence-corrected chi connectivity index (χ0v) is 20.4. The number of amides is 3. The van der Waals surface area contributed by atoms with Gasteiger partial charge in [0.05, 0.1) is 6.04 Å². The van der Waals surface area contributed by atoms with Crippen LogP contribution in [-0.4, -0.2) is 64.0 Å². The van der Waals surface area contributed by atoms with Crippen LogP contribution in [0.15, 0.2) is 0 Å². The van der Waals surface area contributed by atoms with Crippen molar-refractivity contribution in [3.05, 3.63) is 0 Å². The van der Waals surface area contributed by atoms with Gasteiger partial charge in [0.2, 0.25) is 17.7 Å². The summed E-state index contributed by atoms with van der Waals surface area (Å²) in [5.74, 6) is -4.75. The van der Waals surface area contributed by atoms with E-state index in [2.05, 4.69) is 16.0 Å². The molecule has 3 amide bonds. The van der Waals surface area contributed by atoms with Crippen molar-refractivity contribution in [2.24, 2.45) is 23.5 Å². The molecule has 7 N–H and O–H groups in total. The third-order valence-corrected chi connectivity index (χ3v) is 5.42. The number of carboxylic acids is 2. The maximum absolute atomic E-state index is 13.1. The molecule has 0 bridgehead atoms. The second-order valence-corrected chi connectivity index (χ2v) is 9.16. The van der Waals surface area contributed by atoms with E-state index in [4.69, 9.17) is 10.8 Å². The summed E-state index contributed by atoms with van der Waals surface area (Å²) in [5.41, 5.74) is 5.89. The molecule has 0 heterocycles. The molecule has 0 aliphatic carbocycles. The maximum Gasteiger partial charge on any atom is 0.326 e. The van der Waals surface area contributed by atoms with Crippen molar-refractivity contribution >= 4 is 29.7 Å². The van der Waals surface area contributed by atoms with E-state index in [-0.39, 0.29) is 30.6 Å². The van der Waals surface area contributed by atoms with Gasteiger partial charge in [-0.25, -0.2) is 4.79 Å². The molecule has 11 nitrogen and oxygen atoms in total. The van der Waals surface area contributed by atoms with E-state index in [9.17, 15) is 29.1 Å². The number of carbonyl (C=O) groups excluding carboxylic acids is 3. The summed E-state index contributed by atoms with van der Waals surface area (Å²) < 4.78 is 0. The van der Waals surface area contributed by atoms with Gasteiger partial charge in [-0.1, -0.05) is 48.0 Å². The first kappa shape index (κ1) is 30.3. The number of carbonyl (C=O) groups is 5. The van der Waals surface area contributed by atoms with Crippen molar-refractivity contribution in [1.82, 2.24) is 16.0 Å². The topological polar surface area (TPSA) is 188 Å². The van der Waals surface area contributed by atoms with Crippen molar-refractivity contribution in [2.75, 3.05) is 0 Å².